The normalized spacial score (nSPS) is 12.0. The van der Waals surface area contributed by atoms with Gasteiger partial charge in [0.15, 0.2) is 0 Å². The van der Waals surface area contributed by atoms with Gasteiger partial charge in [-0.15, -0.1) is 10.2 Å². The Morgan fingerprint density at radius 2 is 1.96 bits per heavy atom. The molecule has 0 bridgehead atoms. The molecular weight excluding hydrogens is 377 g/mol. The first-order valence-electron chi connectivity index (χ1n) is 7.94. The lowest BCUT2D eigenvalue weighted by atomic mass is 10.1. The van der Waals surface area contributed by atoms with Gasteiger partial charge in [0.2, 0.25) is 5.89 Å². The molecule has 0 N–H and O–H groups in total. The number of alkyl halides is 3. The molecule has 138 valence electrons. The molecule has 0 unspecified atom stereocenters. The fourth-order valence-electron chi connectivity index (χ4n) is 2.63. The van der Waals surface area contributed by atoms with E-state index in [0.717, 1.165) is 28.7 Å². The third-order valence-corrected chi connectivity index (χ3v) is 4.89. The summed E-state index contributed by atoms with van der Waals surface area (Å²) in [6, 6.07) is 10.8. The summed E-state index contributed by atoms with van der Waals surface area (Å²) in [7, 11) is 1.89. The van der Waals surface area contributed by atoms with Crippen LogP contribution < -0.4 is 0 Å². The van der Waals surface area contributed by atoms with Crippen LogP contribution in [0.1, 0.15) is 11.1 Å². The SMILES string of the molecule is Cn1cnc2ccc(-c3nnc(SCc4cccc(C(F)(F)F)c4)o3)cc21. The number of aromatic nitrogens is 4. The summed E-state index contributed by atoms with van der Waals surface area (Å²) in [4.78, 5) is 4.26. The van der Waals surface area contributed by atoms with Crippen molar-refractivity contribution in [1.29, 1.82) is 0 Å². The van der Waals surface area contributed by atoms with Crippen LogP contribution in [-0.2, 0) is 19.0 Å². The molecule has 0 spiro atoms. The van der Waals surface area contributed by atoms with Crippen LogP contribution >= 0.6 is 11.8 Å². The van der Waals surface area contributed by atoms with Gasteiger partial charge in [-0.2, -0.15) is 13.2 Å². The summed E-state index contributed by atoms with van der Waals surface area (Å²) in [5.74, 6) is 0.649. The first-order valence-corrected chi connectivity index (χ1v) is 8.92. The summed E-state index contributed by atoms with van der Waals surface area (Å²) >= 11 is 1.19. The zero-order valence-electron chi connectivity index (χ0n) is 14.1. The van der Waals surface area contributed by atoms with Crippen LogP contribution in [0.25, 0.3) is 22.5 Å². The summed E-state index contributed by atoms with van der Waals surface area (Å²) in [6.07, 6.45) is -2.64. The highest BCUT2D eigenvalue weighted by atomic mass is 32.2. The minimum absolute atomic E-state index is 0.298. The number of benzene rings is 2. The molecule has 9 heteroatoms. The first-order chi connectivity index (χ1) is 12.9. The molecule has 5 nitrogen and oxygen atoms in total. The molecule has 0 saturated carbocycles. The number of imidazole rings is 1. The van der Waals surface area contributed by atoms with E-state index in [2.05, 4.69) is 15.2 Å². The number of hydrogen-bond donors (Lipinski definition) is 0. The van der Waals surface area contributed by atoms with E-state index < -0.39 is 11.7 Å². The predicted octanol–water partition coefficient (Wildman–Crippen LogP) is 4.93. The maximum Gasteiger partial charge on any atom is 0.416 e. The Balaban J connectivity index is 1.50. The smallest absolute Gasteiger partial charge is 0.411 e. The lowest BCUT2D eigenvalue weighted by molar-refractivity contribution is -0.137. The molecule has 2 aromatic heterocycles. The zero-order chi connectivity index (χ0) is 19.0. The molecule has 4 aromatic rings. The second-order valence-electron chi connectivity index (χ2n) is 5.92. The Morgan fingerprint density at radius 1 is 1.11 bits per heavy atom. The van der Waals surface area contributed by atoms with E-state index in [1.165, 1.54) is 17.8 Å². The highest BCUT2D eigenvalue weighted by molar-refractivity contribution is 7.98. The van der Waals surface area contributed by atoms with Crippen molar-refractivity contribution in [1.82, 2.24) is 19.7 Å². The van der Waals surface area contributed by atoms with E-state index in [1.54, 1.807) is 12.4 Å². The molecule has 0 atom stereocenters. The van der Waals surface area contributed by atoms with Crippen LogP contribution in [0.2, 0.25) is 0 Å². The molecule has 27 heavy (non-hydrogen) atoms. The van der Waals surface area contributed by atoms with Gasteiger partial charge < -0.3 is 8.98 Å². The van der Waals surface area contributed by atoms with Crippen molar-refractivity contribution in [2.75, 3.05) is 0 Å². The minimum Gasteiger partial charge on any atom is -0.411 e. The lowest BCUT2D eigenvalue weighted by Gasteiger charge is -2.07. The van der Waals surface area contributed by atoms with Crippen LogP contribution in [0.4, 0.5) is 13.2 Å². The number of hydrogen-bond acceptors (Lipinski definition) is 5. The van der Waals surface area contributed by atoms with Gasteiger partial charge in [0.1, 0.15) is 0 Å². The van der Waals surface area contributed by atoms with Crippen LogP contribution in [0, 0.1) is 0 Å². The molecule has 0 fully saturated rings. The van der Waals surface area contributed by atoms with Gasteiger partial charge in [0.05, 0.1) is 22.9 Å². The van der Waals surface area contributed by atoms with Crippen molar-refractivity contribution in [2.24, 2.45) is 7.05 Å². The number of thioether (sulfide) groups is 1. The standard InChI is InChI=1S/C18H13F3N4OS/c1-25-10-22-14-6-5-12(8-15(14)25)16-23-24-17(26-16)27-9-11-3-2-4-13(7-11)18(19,20)21/h2-8,10H,9H2,1H3. The van der Waals surface area contributed by atoms with Crippen LogP contribution in [0.5, 0.6) is 0 Å². The van der Waals surface area contributed by atoms with Crippen molar-refractivity contribution in [3.63, 3.8) is 0 Å². The van der Waals surface area contributed by atoms with Gasteiger partial charge in [0.25, 0.3) is 5.22 Å². The Hall–Kier alpha value is -2.81. The van der Waals surface area contributed by atoms with Gasteiger partial charge in [-0.1, -0.05) is 30.0 Å². The molecule has 0 aliphatic rings. The van der Waals surface area contributed by atoms with Crippen molar-refractivity contribution in [3.05, 3.63) is 59.9 Å². The largest absolute Gasteiger partial charge is 0.416 e. The topological polar surface area (TPSA) is 56.7 Å². The van der Waals surface area contributed by atoms with E-state index in [9.17, 15) is 13.2 Å². The molecule has 2 heterocycles. The summed E-state index contributed by atoms with van der Waals surface area (Å²) in [5, 5.41) is 8.30. The molecular formula is C18H13F3N4OS. The monoisotopic (exact) mass is 390 g/mol. The molecule has 0 amide bonds. The van der Waals surface area contributed by atoms with E-state index in [1.807, 2.05) is 29.8 Å². The molecule has 0 radical (unpaired) electrons. The van der Waals surface area contributed by atoms with Crippen LogP contribution in [-0.4, -0.2) is 19.7 Å². The molecule has 0 aliphatic carbocycles. The number of halogens is 3. The van der Waals surface area contributed by atoms with Gasteiger partial charge in [0, 0.05) is 18.4 Å². The summed E-state index contributed by atoms with van der Waals surface area (Å²) < 4.78 is 45.9. The number of nitrogens with zero attached hydrogens (tertiary/aromatic N) is 4. The van der Waals surface area contributed by atoms with E-state index in [0.29, 0.717) is 22.4 Å². The van der Waals surface area contributed by atoms with Crippen molar-refractivity contribution in [3.8, 4) is 11.5 Å². The van der Waals surface area contributed by atoms with Gasteiger partial charge >= 0.3 is 6.18 Å². The summed E-state index contributed by atoms with van der Waals surface area (Å²) in [5.41, 5.74) is 2.41. The number of aryl methyl sites for hydroxylation is 1. The van der Waals surface area contributed by atoms with Crippen molar-refractivity contribution >= 4 is 22.8 Å². The van der Waals surface area contributed by atoms with Gasteiger partial charge in [-0.25, -0.2) is 4.98 Å². The third-order valence-electron chi connectivity index (χ3n) is 4.00. The molecule has 0 saturated heterocycles. The highest BCUT2D eigenvalue weighted by Crippen LogP contribution is 2.32. The average molecular weight is 390 g/mol. The van der Waals surface area contributed by atoms with Crippen LogP contribution in [0.3, 0.4) is 0 Å². The third kappa shape index (κ3) is 3.68. The molecule has 0 aliphatic heterocycles. The fraction of sp³-hybridized carbons (Fsp3) is 0.167. The van der Waals surface area contributed by atoms with Crippen LogP contribution in [0.15, 0.2) is 58.4 Å². The minimum atomic E-state index is -4.36. The lowest BCUT2D eigenvalue weighted by Crippen LogP contribution is -2.04. The quantitative estimate of drug-likeness (QED) is 0.462. The first kappa shape index (κ1) is 17.6. The maximum absolute atomic E-state index is 12.8. The zero-order valence-corrected chi connectivity index (χ0v) is 14.9. The Morgan fingerprint density at radius 3 is 2.78 bits per heavy atom. The van der Waals surface area contributed by atoms with E-state index in [-0.39, 0.29) is 0 Å². The predicted molar refractivity (Wildman–Crippen MR) is 95.0 cm³/mol. The highest BCUT2D eigenvalue weighted by Gasteiger charge is 2.30. The summed E-state index contributed by atoms with van der Waals surface area (Å²) in [6.45, 7) is 0. The maximum atomic E-state index is 12.8. The van der Waals surface area contributed by atoms with Crippen molar-refractivity contribution < 1.29 is 17.6 Å². The van der Waals surface area contributed by atoms with Crippen molar-refractivity contribution in [2.45, 2.75) is 17.2 Å². The molecule has 2 aromatic carbocycles. The fourth-order valence-corrected chi connectivity index (χ4v) is 3.33. The van der Waals surface area contributed by atoms with Gasteiger partial charge in [-0.3, -0.25) is 0 Å². The average Bonchev–Trinajstić information content (AvgIpc) is 3.26. The molecule has 4 rings (SSSR count). The Kier molecular flexibility index (Phi) is 4.39. The van der Waals surface area contributed by atoms with Gasteiger partial charge in [-0.05, 0) is 29.8 Å². The Bertz CT molecular complexity index is 1100. The second-order valence-corrected chi connectivity index (χ2v) is 6.85. The van der Waals surface area contributed by atoms with E-state index >= 15 is 0 Å². The number of rotatable bonds is 4. The van der Waals surface area contributed by atoms with E-state index in [4.69, 9.17) is 4.42 Å². The number of fused-ring (bicyclic) bond motifs is 1. The second kappa shape index (κ2) is 6.73. The Labute approximate surface area is 156 Å².